The van der Waals surface area contributed by atoms with Gasteiger partial charge in [-0.1, -0.05) is 6.07 Å². The summed E-state index contributed by atoms with van der Waals surface area (Å²) in [5, 5.41) is 2.82. The van der Waals surface area contributed by atoms with Crippen molar-refractivity contribution in [3.8, 4) is 17.2 Å². The number of carbonyl (C=O) groups is 2. The van der Waals surface area contributed by atoms with Gasteiger partial charge in [0.2, 0.25) is 5.91 Å². The van der Waals surface area contributed by atoms with E-state index >= 15 is 0 Å². The molecule has 154 valence electrons. The van der Waals surface area contributed by atoms with Crippen molar-refractivity contribution in [2.45, 2.75) is 19.4 Å². The Balaban J connectivity index is 1.61. The maximum Gasteiger partial charge on any atom is 0.269 e. The molecule has 1 aromatic carbocycles. The predicted molar refractivity (Wildman–Crippen MR) is 107 cm³/mol. The SMILES string of the molecule is COc1ccc(CCNC(=O)CN2C(=O)C(C)Oc3ccc(N)nc32)cc1OC. The van der Waals surface area contributed by atoms with Crippen LogP contribution in [0.3, 0.4) is 0 Å². The molecule has 0 fully saturated rings. The van der Waals surface area contributed by atoms with Crippen molar-refractivity contribution in [2.24, 2.45) is 0 Å². The smallest absolute Gasteiger partial charge is 0.269 e. The lowest BCUT2D eigenvalue weighted by atomic mass is 10.1. The maximum atomic E-state index is 12.5. The van der Waals surface area contributed by atoms with Gasteiger partial charge in [-0.25, -0.2) is 4.98 Å². The average Bonchev–Trinajstić information content (AvgIpc) is 2.71. The van der Waals surface area contributed by atoms with Crippen molar-refractivity contribution >= 4 is 23.5 Å². The zero-order valence-electron chi connectivity index (χ0n) is 16.6. The molecule has 1 aliphatic heterocycles. The summed E-state index contributed by atoms with van der Waals surface area (Å²) in [5.41, 5.74) is 6.70. The molecule has 0 radical (unpaired) electrons. The zero-order chi connectivity index (χ0) is 21.0. The van der Waals surface area contributed by atoms with Gasteiger partial charge in [0.15, 0.2) is 29.2 Å². The van der Waals surface area contributed by atoms with Gasteiger partial charge in [-0.05, 0) is 43.2 Å². The molecule has 0 saturated carbocycles. The second-order valence-corrected chi connectivity index (χ2v) is 6.53. The number of carbonyl (C=O) groups excluding carboxylic acids is 2. The lowest BCUT2D eigenvalue weighted by Gasteiger charge is -2.31. The molecule has 1 atom stereocenters. The monoisotopic (exact) mass is 400 g/mol. The van der Waals surface area contributed by atoms with Gasteiger partial charge < -0.3 is 25.3 Å². The minimum atomic E-state index is -0.701. The van der Waals surface area contributed by atoms with Gasteiger partial charge in [0, 0.05) is 6.54 Å². The van der Waals surface area contributed by atoms with E-state index in [1.54, 1.807) is 33.3 Å². The molecule has 0 bridgehead atoms. The number of aromatic nitrogens is 1. The Kier molecular flexibility index (Phi) is 6.06. The maximum absolute atomic E-state index is 12.5. The molecule has 9 nitrogen and oxygen atoms in total. The minimum absolute atomic E-state index is 0.165. The van der Waals surface area contributed by atoms with Crippen LogP contribution in [0.1, 0.15) is 12.5 Å². The lowest BCUT2D eigenvalue weighted by Crippen LogP contribution is -2.49. The van der Waals surface area contributed by atoms with Crippen LogP contribution >= 0.6 is 0 Å². The average molecular weight is 400 g/mol. The molecule has 1 aliphatic rings. The van der Waals surface area contributed by atoms with E-state index in [0.717, 1.165) is 5.56 Å². The number of ether oxygens (including phenoxy) is 3. The lowest BCUT2D eigenvalue weighted by molar-refractivity contribution is -0.128. The Morgan fingerprint density at radius 3 is 2.72 bits per heavy atom. The molecular weight excluding hydrogens is 376 g/mol. The van der Waals surface area contributed by atoms with Crippen LogP contribution in [-0.2, 0) is 16.0 Å². The Bertz CT molecular complexity index is 918. The standard InChI is InChI=1S/C20H24N4O5/c1-12-20(26)24(19-15(29-12)6-7-17(21)23-19)11-18(25)22-9-8-13-4-5-14(27-2)16(10-13)28-3/h4-7,10,12H,8-9,11H2,1-3H3,(H2,21,23)(H,22,25). The first-order valence-electron chi connectivity index (χ1n) is 9.15. The van der Waals surface area contributed by atoms with Gasteiger partial charge in [0.25, 0.3) is 5.91 Å². The van der Waals surface area contributed by atoms with Crippen molar-refractivity contribution in [1.82, 2.24) is 10.3 Å². The number of hydrogen-bond donors (Lipinski definition) is 2. The minimum Gasteiger partial charge on any atom is -0.493 e. The Morgan fingerprint density at radius 2 is 2.00 bits per heavy atom. The molecule has 0 saturated heterocycles. The highest BCUT2D eigenvalue weighted by Gasteiger charge is 2.34. The predicted octanol–water partition coefficient (Wildman–Crippen LogP) is 1.15. The van der Waals surface area contributed by atoms with E-state index in [1.165, 1.54) is 4.90 Å². The van der Waals surface area contributed by atoms with Gasteiger partial charge in [-0.3, -0.25) is 14.5 Å². The number of hydrogen-bond acceptors (Lipinski definition) is 7. The Morgan fingerprint density at radius 1 is 1.24 bits per heavy atom. The highest BCUT2D eigenvalue weighted by Crippen LogP contribution is 2.32. The summed E-state index contributed by atoms with van der Waals surface area (Å²) in [6, 6.07) is 8.81. The third-order valence-electron chi connectivity index (χ3n) is 4.52. The van der Waals surface area contributed by atoms with Gasteiger partial charge in [-0.2, -0.15) is 0 Å². The molecule has 2 heterocycles. The Hall–Kier alpha value is -3.49. The largest absolute Gasteiger partial charge is 0.493 e. The van der Waals surface area contributed by atoms with Crippen LogP contribution in [0.25, 0.3) is 0 Å². The van der Waals surface area contributed by atoms with E-state index < -0.39 is 6.10 Å². The highest BCUT2D eigenvalue weighted by molar-refractivity contribution is 6.02. The number of nitrogens with one attached hydrogen (secondary N) is 1. The van der Waals surface area contributed by atoms with Gasteiger partial charge in [0.1, 0.15) is 12.4 Å². The Labute approximate surface area is 168 Å². The van der Waals surface area contributed by atoms with Crippen LogP contribution in [0.2, 0.25) is 0 Å². The first-order valence-corrected chi connectivity index (χ1v) is 9.15. The number of anilines is 2. The van der Waals surface area contributed by atoms with E-state index in [-0.39, 0.29) is 30.0 Å². The number of amides is 2. The number of methoxy groups -OCH3 is 2. The summed E-state index contributed by atoms with van der Waals surface area (Å²) < 4.78 is 16.0. The topological polar surface area (TPSA) is 116 Å². The van der Waals surface area contributed by atoms with E-state index in [4.69, 9.17) is 19.9 Å². The number of nitrogens with zero attached hydrogens (tertiary/aromatic N) is 2. The van der Waals surface area contributed by atoms with E-state index in [2.05, 4.69) is 10.3 Å². The summed E-state index contributed by atoms with van der Waals surface area (Å²) >= 11 is 0. The number of nitrogens with two attached hydrogens (primary N) is 1. The fourth-order valence-corrected chi connectivity index (χ4v) is 3.04. The quantitative estimate of drug-likeness (QED) is 0.716. The van der Waals surface area contributed by atoms with Crippen LogP contribution in [0.15, 0.2) is 30.3 Å². The molecule has 1 aromatic heterocycles. The fraction of sp³-hybridized carbons (Fsp3) is 0.350. The van der Waals surface area contributed by atoms with Crippen LogP contribution < -0.4 is 30.2 Å². The molecule has 9 heteroatoms. The summed E-state index contributed by atoms with van der Waals surface area (Å²) in [5.74, 6) is 1.55. The van der Waals surface area contributed by atoms with Crippen molar-refractivity contribution in [3.05, 3.63) is 35.9 Å². The van der Waals surface area contributed by atoms with E-state index in [0.29, 0.717) is 30.2 Å². The van der Waals surface area contributed by atoms with Crippen LogP contribution in [0.5, 0.6) is 17.2 Å². The molecule has 3 rings (SSSR count). The van der Waals surface area contributed by atoms with Crippen LogP contribution in [-0.4, -0.2) is 50.2 Å². The van der Waals surface area contributed by atoms with Crippen molar-refractivity contribution in [1.29, 1.82) is 0 Å². The van der Waals surface area contributed by atoms with E-state index in [1.807, 2.05) is 18.2 Å². The molecule has 0 spiro atoms. The first-order chi connectivity index (χ1) is 13.9. The summed E-state index contributed by atoms with van der Waals surface area (Å²) in [7, 11) is 3.15. The second-order valence-electron chi connectivity index (χ2n) is 6.53. The summed E-state index contributed by atoms with van der Waals surface area (Å²) in [6.45, 7) is 1.87. The van der Waals surface area contributed by atoms with Crippen LogP contribution in [0, 0.1) is 0 Å². The first kappa shape index (κ1) is 20.2. The number of benzene rings is 1. The summed E-state index contributed by atoms with van der Waals surface area (Å²) in [6.07, 6.45) is -0.103. The number of fused-ring (bicyclic) bond motifs is 1. The summed E-state index contributed by atoms with van der Waals surface area (Å²) in [4.78, 5) is 30.3. The number of rotatable bonds is 7. The van der Waals surface area contributed by atoms with Crippen LogP contribution in [0.4, 0.5) is 11.6 Å². The molecule has 2 aromatic rings. The van der Waals surface area contributed by atoms with E-state index in [9.17, 15) is 9.59 Å². The van der Waals surface area contributed by atoms with Gasteiger partial charge >= 0.3 is 0 Å². The normalized spacial score (nSPS) is 15.3. The third-order valence-corrected chi connectivity index (χ3v) is 4.52. The molecule has 2 amide bonds. The fourth-order valence-electron chi connectivity index (χ4n) is 3.04. The molecule has 3 N–H and O–H groups in total. The molecular formula is C20H24N4O5. The number of pyridine rings is 1. The van der Waals surface area contributed by atoms with Crippen molar-refractivity contribution in [2.75, 3.05) is 37.9 Å². The van der Waals surface area contributed by atoms with Gasteiger partial charge in [0.05, 0.1) is 14.2 Å². The molecule has 29 heavy (non-hydrogen) atoms. The highest BCUT2D eigenvalue weighted by atomic mass is 16.5. The number of nitrogen functional groups attached to an aromatic ring is 1. The molecule has 1 unspecified atom stereocenters. The van der Waals surface area contributed by atoms with Crippen molar-refractivity contribution in [3.63, 3.8) is 0 Å². The van der Waals surface area contributed by atoms with Gasteiger partial charge in [-0.15, -0.1) is 0 Å². The molecule has 0 aliphatic carbocycles. The zero-order valence-corrected chi connectivity index (χ0v) is 16.6. The van der Waals surface area contributed by atoms with Crippen molar-refractivity contribution < 1.29 is 23.8 Å². The second kappa shape index (κ2) is 8.68. The third kappa shape index (κ3) is 4.50.